The minimum absolute atomic E-state index is 0.112. The lowest BCUT2D eigenvalue weighted by molar-refractivity contribution is 0.269. The van der Waals surface area contributed by atoms with E-state index in [9.17, 15) is 0 Å². The zero-order valence-corrected chi connectivity index (χ0v) is 22.3. The highest BCUT2D eigenvalue weighted by molar-refractivity contribution is 6.14. The van der Waals surface area contributed by atoms with Gasteiger partial charge in [-0.3, -0.25) is 4.98 Å². The molecule has 6 nitrogen and oxygen atoms in total. The van der Waals surface area contributed by atoms with Crippen molar-refractivity contribution in [2.75, 3.05) is 0 Å². The van der Waals surface area contributed by atoms with Crippen LogP contribution in [-0.4, -0.2) is 26.0 Å². The molecule has 3 aromatic heterocycles. The van der Waals surface area contributed by atoms with Gasteiger partial charge < -0.3 is 9.15 Å². The maximum atomic E-state index is 6.30. The average molecular weight is 543 g/mol. The number of para-hydroxylation sites is 1. The van der Waals surface area contributed by atoms with Crippen molar-refractivity contribution in [2.45, 2.75) is 12.0 Å². The zero-order valence-electron chi connectivity index (χ0n) is 22.3. The van der Waals surface area contributed by atoms with E-state index < -0.39 is 0 Å². The molecular weight excluding hydrogens is 520 g/mol. The lowest BCUT2D eigenvalue weighted by Crippen LogP contribution is -2.18. The maximum absolute atomic E-state index is 6.30. The van der Waals surface area contributed by atoms with Crippen LogP contribution in [0.5, 0.6) is 5.75 Å². The predicted molar refractivity (Wildman–Crippen MR) is 164 cm³/mol. The van der Waals surface area contributed by atoms with E-state index in [2.05, 4.69) is 59.6 Å². The number of hydrogen-bond donors (Lipinski definition) is 0. The molecule has 9 rings (SSSR count). The summed E-state index contributed by atoms with van der Waals surface area (Å²) >= 11 is 0. The van der Waals surface area contributed by atoms with Crippen molar-refractivity contribution in [3.8, 4) is 28.5 Å². The molecule has 2 aliphatic rings. The summed E-state index contributed by atoms with van der Waals surface area (Å²) in [5, 5.41) is 4.20. The maximum Gasteiger partial charge on any atom is 0.166 e. The van der Waals surface area contributed by atoms with E-state index in [1.807, 2.05) is 60.8 Å². The Morgan fingerprint density at radius 1 is 0.667 bits per heavy atom. The summed E-state index contributed by atoms with van der Waals surface area (Å²) in [6.45, 7) is 0. The highest BCUT2D eigenvalue weighted by Crippen LogP contribution is 2.43. The van der Waals surface area contributed by atoms with Crippen molar-refractivity contribution in [3.05, 3.63) is 133 Å². The van der Waals surface area contributed by atoms with Crippen LogP contribution in [0.3, 0.4) is 0 Å². The third kappa shape index (κ3) is 3.58. The number of ether oxygens (including phenoxy) is 1. The molecule has 0 spiro atoms. The van der Waals surface area contributed by atoms with Crippen LogP contribution in [0.4, 0.5) is 0 Å². The quantitative estimate of drug-likeness (QED) is 0.224. The Kier molecular flexibility index (Phi) is 4.92. The highest BCUT2D eigenvalue weighted by Gasteiger charge is 2.33. The molecule has 2 atom stereocenters. The topological polar surface area (TPSA) is 73.9 Å². The van der Waals surface area contributed by atoms with Crippen LogP contribution in [0.1, 0.15) is 17.3 Å². The number of pyridine rings is 1. The summed E-state index contributed by atoms with van der Waals surface area (Å²) in [6.07, 6.45) is 9.87. The number of benzene rings is 4. The molecular formula is C36H22N4O2. The van der Waals surface area contributed by atoms with Crippen LogP contribution in [0.25, 0.3) is 61.1 Å². The number of rotatable bonds is 3. The number of aromatic nitrogens is 4. The molecule has 2 unspecified atom stereocenters. The SMILES string of the molecule is C1=CC2c3ccccc3OC2C=C1c1nc(-c2ccccc2)nc(-c2cncc3oc4cc5ccccc5cc4c23)n1. The smallest absolute Gasteiger partial charge is 0.166 e. The Balaban J connectivity index is 1.24. The fourth-order valence-electron chi connectivity index (χ4n) is 6.13. The number of hydrogen-bond acceptors (Lipinski definition) is 6. The fraction of sp³-hybridized carbons (Fsp3) is 0.0556. The molecule has 0 radical (unpaired) electrons. The normalized spacial score (nSPS) is 17.3. The third-order valence-corrected chi connectivity index (χ3v) is 8.14. The number of furan rings is 1. The molecule has 7 aromatic rings. The Morgan fingerprint density at radius 3 is 2.33 bits per heavy atom. The van der Waals surface area contributed by atoms with Crippen molar-refractivity contribution in [1.29, 1.82) is 0 Å². The summed E-state index contributed by atoms with van der Waals surface area (Å²) in [5.74, 6) is 2.82. The molecule has 198 valence electrons. The molecule has 4 aromatic carbocycles. The summed E-state index contributed by atoms with van der Waals surface area (Å²) in [7, 11) is 0. The Morgan fingerprint density at radius 2 is 1.43 bits per heavy atom. The van der Waals surface area contributed by atoms with E-state index in [0.29, 0.717) is 23.1 Å². The van der Waals surface area contributed by atoms with E-state index in [4.69, 9.17) is 24.1 Å². The Labute approximate surface area is 240 Å². The van der Waals surface area contributed by atoms with Gasteiger partial charge in [-0.1, -0.05) is 84.9 Å². The van der Waals surface area contributed by atoms with E-state index in [1.54, 1.807) is 6.20 Å². The van der Waals surface area contributed by atoms with Crippen molar-refractivity contribution in [2.24, 2.45) is 0 Å². The Hall–Kier alpha value is -5.62. The van der Waals surface area contributed by atoms with Crippen LogP contribution >= 0.6 is 0 Å². The van der Waals surface area contributed by atoms with Gasteiger partial charge in [-0.05, 0) is 35.0 Å². The van der Waals surface area contributed by atoms with Gasteiger partial charge in [0.1, 0.15) is 17.4 Å². The van der Waals surface area contributed by atoms with Gasteiger partial charge in [-0.25, -0.2) is 15.0 Å². The molecule has 4 heterocycles. The zero-order chi connectivity index (χ0) is 27.6. The van der Waals surface area contributed by atoms with Crippen molar-refractivity contribution in [1.82, 2.24) is 19.9 Å². The first-order valence-corrected chi connectivity index (χ1v) is 14.0. The fourth-order valence-corrected chi connectivity index (χ4v) is 6.13. The highest BCUT2D eigenvalue weighted by atomic mass is 16.5. The molecule has 1 aliphatic heterocycles. The van der Waals surface area contributed by atoms with Gasteiger partial charge in [0.05, 0.1) is 6.20 Å². The van der Waals surface area contributed by atoms with E-state index >= 15 is 0 Å². The molecule has 42 heavy (non-hydrogen) atoms. The monoisotopic (exact) mass is 542 g/mol. The summed E-state index contributed by atoms with van der Waals surface area (Å²) in [4.78, 5) is 19.5. The van der Waals surface area contributed by atoms with Crippen LogP contribution in [-0.2, 0) is 0 Å². The van der Waals surface area contributed by atoms with Crippen molar-refractivity contribution >= 4 is 38.3 Å². The molecule has 0 saturated heterocycles. The summed E-state index contributed by atoms with van der Waals surface area (Å²) in [5.41, 5.74) is 5.30. The van der Waals surface area contributed by atoms with Crippen LogP contribution in [0.15, 0.2) is 126 Å². The molecule has 1 aliphatic carbocycles. The van der Waals surface area contributed by atoms with Crippen LogP contribution in [0.2, 0.25) is 0 Å². The van der Waals surface area contributed by atoms with E-state index in [1.165, 1.54) is 5.56 Å². The van der Waals surface area contributed by atoms with Crippen LogP contribution in [0, 0.1) is 0 Å². The standard InChI is InChI=1S/C36H22N4O2/c1-2-8-21(9-3-1)34-38-35(24-14-15-26-25-12-6-7-13-29(25)41-30(26)18-24)40-36(39-34)28-19-37-20-32-33(28)27-16-22-10-4-5-11-23(22)17-31(27)42-32/h1-20,26,30H. The summed E-state index contributed by atoms with van der Waals surface area (Å²) in [6, 6.07) is 30.7. The minimum Gasteiger partial charge on any atom is -0.485 e. The second-order valence-corrected chi connectivity index (χ2v) is 10.7. The van der Waals surface area contributed by atoms with Crippen molar-refractivity contribution in [3.63, 3.8) is 0 Å². The Bertz CT molecular complexity index is 2250. The predicted octanol–water partition coefficient (Wildman–Crippen LogP) is 8.15. The first kappa shape index (κ1) is 23.1. The average Bonchev–Trinajstić information content (AvgIpc) is 3.61. The van der Waals surface area contributed by atoms with Gasteiger partial charge in [0, 0.05) is 45.2 Å². The molecule has 0 N–H and O–H groups in total. The molecule has 0 amide bonds. The first-order valence-electron chi connectivity index (χ1n) is 14.0. The largest absolute Gasteiger partial charge is 0.485 e. The second kappa shape index (κ2) is 8.94. The molecule has 0 saturated carbocycles. The van der Waals surface area contributed by atoms with Gasteiger partial charge in [0.2, 0.25) is 0 Å². The van der Waals surface area contributed by atoms with Crippen molar-refractivity contribution < 1.29 is 9.15 Å². The van der Waals surface area contributed by atoms with E-state index in [-0.39, 0.29) is 12.0 Å². The second-order valence-electron chi connectivity index (χ2n) is 10.7. The van der Waals surface area contributed by atoms with Crippen LogP contribution < -0.4 is 4.74 Å². The molecule has 6 heteroatoms. The third-order valence-electron chi connectivity index (χ3n) is 8.14. The number of nitrogens with zero attached hydrogens (tertiary/aromatic N) is 4. The van der Waals surface area contributed by atoms with Gasteiger partial charge in [0.15, 0.2) is 23.1 Å². The first-order chi connectivity index (χ1) is 20.8. The van der Waals surface area contributed by atoms with Gasteiger partial charge >= 0.3 is 0 Å². The lowest BCUT2D eigenvalue weighted by Gasteiger charge is -2.18. The molecule has 0 bridgehead atoms. The minimum atomic E-state index is -0.112. The number of allylic oxidation sites excluding steroid dienone is 2. The summed E-state index contributed by atoms with van der Waals surface area (Å²) < 4.78 is 12.6. The number of fused-ring (bicyclic) bond motifs is 7. The van der Waals surface area contributed by atoms with Gasteiger partial charge in [-0.15, -0.1) is 0 Å². The van der Waals surface area contributed by atoms with Gasteiger partial charge in [0.25, 0.3) is 0 Å². The van der Waals surface area contributed by atoms with Gasteiger partial charge in [-0.2, -0.15) is 0 Å². The molecule has 0 fully saturated rings. The van der Waals surface area contributed by atoms with E-state index in [0.717, 1.165) is 49.6 Å². The lowest BCUT2D eigenvalue weighted by atomic mass is 9.89.